The normalized spacial score (nSPS) is 16.9. The summed E-state index contributed by atoms with van der Waals surface area (Å²) >= 11 is 0. The van der Waals surface area contributed by atoms with Crippen LogP contribution in [0.15, 0.2) is 24.3 Å². The van der Waals surface area contributed by atoms with Crippen LogP contribution in [0.4, 0.5) is 13.2 Å². The molecule has 1 aliphatic heterocycles. The number of alkyl halides is 3. The molecule has 6 heteroatoms. The third-order valence-electron chi connectivity index (χ3n) is 4.14. The van der Waals surface area contributed by atoms with Gasteiger partial charge in [0.25, 0.3) is 0 Å². The van der Waals surface area contributed by atoms with Gasteiger partial charge in [0.1, 0.15) is 6.54 Å². The molecule has 1 aliphatic rings. The third kappa shape index (κ3) is 5.23. The van der Waals surface area contributed by atoms with E-state index in [-0.39, 0.29) is 5.91 Å². The monoisotopic (exact) mass is 329 g/mol. The molecule has 1 fully saturated rings. The molecular formula is C17H24F3N2O+. The van der Waals surface area contributed by atoms with Crippen LogP contribution in [0.3, 0.4) is 0 Å². The van der Waals surface area contributed by atoms with Gasteiger partial charge in [-0.05, 0) is 18.1 Å². The average molecular weight is 329 g/mol. The molecule has 3 nitrogen and oxygen atoms in total. The number of quaternary nitrogens is 1. The number of benzene rings is 1. The fourth-order valence-corrected chi connectivity index (χ4v) is 2.83. The first-order valence-corrected chi connectivity index (χ1v) is 8.03. The first kappa shape index (κ1) is 17.8. The van der Waals surface area contributed by atoms with E-state index in [9.17, 15) is 18.0 Å². The number of piperazine rings is 1. The number of amides is 1. The molecule has 1 aromatic carbocycles. The fraction of sp³-hybridized carbons (Fsp3) is 0.588. The standard InChI is InChI=1S/C17H23F3N2O/c1-13(2)11-16(23)22-9-7-21(8-10-22)12-14-3-5-15(6-4-14)17(18,19)20/h3-6,13H,7-12H2,1-2H3/p+1. The smallest absolute Gasteiger partial charge is 0.331 e. The second-order valence-electron chi connectivity index (χ2n) is 6.60. The molecule has 0 atom stereocenters. The third-order valence-corrected chi connectivity index (χ3v) is 4.14. The summed E-state index contributed by atoms with van der Waals surface area (Å²) in [6.07, 6.45) is -3.71. The number of hydrogen-bond donors (Lipinski definition) is 1. The first-order chi connectivity index (χ1) is 10.8. The Kier molecular flexibility index (Phi) is 5.68. The van der Waals surface area contributed by atoms with Crippen molar-refractivity contribution < 1.29 is 22.9 Å². The Morgan fingerprint density at radius 1 is 1.17 bits per heavy atom. The van der Waals surface area contributed by atoms with Crippen LogP contribution in [-0.4, -0.2) is 37.0 Å². The lowest BCUT2D eigenvalue weighted by Crippen LogP contribution is -3.13. The molecule has 1 saturated heterocycles. The maximum atomic E-state index is 12.5. The van der Waals surface area contributed by atoms with Crippen LogP contribution in [0.5, 0.6) is 0 Å². The number of halogens is 3. The van der Waals surface area contributed by atoms with E-state index in [0.717, 1.165) is 43.9 Å². The Hall–Kier alpha value is -1.56. The van der Waals surface area contributed by atoms with Crippen LogP contribution < -0.4 is 4.90 Å². The Bertz CT molecular complexity index is 518. The number of nitrogens with one attached hydrogen (secondary N) is 1. The van der Waals surface area contributed by atoms with Crippen LogP contribution in [0.25, 0.3) is 0 Å². The highest BCUT2D eigenvalue weighted by Crippen LogP contribution is 2.28. The van der Waals surface area contributed by atoms with Gasteiger partial charge in [0.2, 0.25) is 5.91 Å². The minimum Gasteiger partial charge on any atom is -0.331 e. The molecule has 128 valence electrons. The van der Waals surface area contributed by atoms with Gasteiger partial charge in [0, 0.05) is 12.0 Å². The first-order valence-electron chi connectivity index (χ1n) is 8.03. The Balaban J connectivity index is 1.83. The van der Waals surface area contributed by atoms with Crippen LogP contribution >= 0.6 is 0 Å². The van der Waals surface area contributed by atoms with Crippen molar-refractivity contribution in [3.63, 3.8) is 0 Å². The lowest BCUT2D eigenvalue weighted by atomic mass is 10.1. The Morgan fingerprint density at radius 2 is 1.74 bits per heavy atom. The van der Waals surface area contributed by atoms with Crippen molar-refractivity contribution in [2.45, 2.75) is 33.0 Å². The van der Waals surface area contributed by atoms with E-state index in [1.807, 2.05) is 18.7 Å². The highest BCUT2D eigenvalue weighted by atomic mass is 19.4. The number of nitrogens with zero attached hydrogens (tertiary/aromatic N) is 1. The SMILES string of the molecule is CC(C)CC(=O)N1CC[NH+](Cc2ccc(C(F)(F)F)cc2)CC1. The van der Waals surface area contributed by atoms with Crippen LogP contribution in [0.1, 0.15) is 31.4 Å². The molecule has 0 spiro atoms. The largest absolute Gasteiger partial charge is 0.416 e. The number of hydrogen-bond acceptors (Lipinski definition) is 1. The zero-order chi connectivity index (χ0) is 17.0. The second kappa shape index (κ2) is 7.34. The molecule has 1 N–H and O–H groups in total. The summed E-state index contributed by atoms with van der Waals surface area (Å²) in [5, 5.41) is 0. The molecule has 23 heavy (non-hydrogen) atoms. The predicted octanol–water partition coefficient (Wildman–Crippen LogP) is 1.98. The summed E-state index contributed by atoms with van der Waals surface area (Å²) in [6, 6.07) is 5.37. The van der Waals surface area contributed by atoms with Gasteiger partial charge in [-0.2, -0.15) is 13.2 Å². The average Bonchev–Trinajstić information content (AvgIpc) is 2.47. The minimum atomic E-state index is -4.28. The topological polar surface area (TPSA) is 24.8 Å². The molecule has 0 aromatic heterocycles. The summed E-state index contributed by atoms with van der Waals surface area (Å²) in [4.78, 5) is 15.2. The van der Waals surface area contributed by atoms with Gasteiger partial charge in [-0.3, -0.25) is 4.79 Å². The summed E-state index contributed by atoms with van der Waals surface area (Å²) in [7, 11) is 0. The Morgan fingerprint density at radius 3 is 2.22 bits per heavy atom. The van der Waals surface area contributed by atoms with Gasteiger partial charge in [-0.1, -0.05) is 26.0 Å². The van der Waals surface area contributed by atoms with Gasteiger partial charge in [-0.25, -0.2) is 0 Å². The second-order valence-corrected chi connectivity index (χ2v) is 6.60. The van der Waals surface area contributed by atoms with Gasteiger partial charge in [0.05, 0.1) is 31.7 Å². The quantitative estimate of drug-likeness (QED) is 0.898. The maximum Gasteiger partial charge on any atom is 0.416 e. The molecule has 0 bridgehead atoms. The van der Waals surface area contributed by atoms with Gasteiger partial charge >= 0.3 is 6.18 Å². The molecule has 0 aliphatic carbocycles. The van der Waals surface area contributed by atoms with Crippen LogP contribution in [0, 0.1) is 5.92 Å². The zero-order valence-corrected chi connectivity index (χ0v) is 13.6. The lowest BCUT2D eigenvalue weighted by molar-refractivity contribution is -0.917. The molecule has 1 amide bonds. The maximum absolute atomic E-state index is 12.5. The minimum absolute atomic E-state index is 0.202. The van der Waals surface area contributed by atoms with E-state index >= 15 is 0 Å². The fourth-order valence-electron chi connectivity index (χ4n) is 2.83. The lowest BCUT2D eigenvalue weighted by Gasteiger charge is -2.32. The van der Waals surface area contributed by atoms with Crippen LogP contribution in [-0.2, 0) is 17.5 Å². The van der Waals surface area contributed by atoms with E-state index in [1.165, 1.54) is 4.90 Å². The molecule has 0 radical (unpaired) electrons. The van der Waals surface area contributed by atoms with Crippen molar-refractivity contribution in [1.29, 1.82) is 0 Å². The van der Waals surface area contributed by atoms with Gasteiger partial charge in [0.15, 0.2) is 0 Å². The Labute approximate surface area is 135 Å². The van der Waals surface area contributed by atoms with Crippen molar-refractivity contribution in [2.75, 3.05) is 26.2 Å². The predicted molar refractivity (Wildman–Crippen MR) is 81.9 cm³/mol. The van der Waals surface area contributed by atoms with Crippen molar-refractivity contribution in [3.8, 4) is 0 Å². The summed E-state index contributed by atoms with van der Waals surface area (Å²) in [5.41, 5.74) is 0.287. The number of rotatable bonds is 4. The van der Waals surface area contributed by atoms with E-state index < -0.39 is 11.7 Å². The van der Waals surface area contributed by atoms with Crippen molar-refractivity contribution in [3.05, 3.63) is 35.4 Å². The van der Waals surface area contributed by atoms with E-state index in [2.05, 4.69) is 0 Å². The van der Waals surface area contributed by atoms with Crippen molar-refractivity contribution >= 4 is 5.91 Å². The molecule has 2 rings (SSSR count). The zero-order valence-electron chi connectivity index (χ0n) is 13.6. The number of carbonyl (C=O) groups is 1. The van der Waals surface area contributed by atoms with E-state index in [0.29, 0.717) is 18.9 Å². The summed E-state index contributed by atoms with van der Waals surface area (Å²) in [6.45, 7) is 7.89. The van der Waals surface area contributed by atoms with Gasteiger partial charge in [-0.15, -0.1) is 0 Å². The van der Waals surface area contributed by atoms with Gasteiger partial charge < -0.3 is 9.80 Å². The highest BCUT2D eigenvalue weighted by Gasteiger charge is 2.30. The number of carbonyl (C=O) groups excluding carboxylic acids is 1. The van der Waals surface area contributed by atoms with Crippen molar-refractivity contribution in [1.82, 2.24) is 4.90 Å². The molecule has 1 heterocycles. The summed E-state index contributed by atoms with van der Waals surface area (Å²) < 4.78 is 37.6. The molecule has 0 unspecified atom stereocenters. The molecular weight excluding hydrogens is 305 g/mol. The molecule has 1 aromatic rings. The van der Waals surface area contributed by atoms with E-state index in [4.69, 9.17) is 0 Å². The van der Waals surface area contributed by atoms with Crippen molar-refractivity contribution in [2.24, 2.45) is 5.92 Å². The molecule has 0 saturated carbocycles. The van der Waals surface area contributed by atoms with Crippen LogP contribution in [0.2, 0.25) is 0 Å². The highest BCUT2D eigenvalue weighted by molar-refractivity contribution is 5.76. The van der Waals surface area contributed by atoms with E-state index in [1.54, 1.807) is 12.1 Å². The summed E-state index contributed by atoms with van der Waals surface area (Å²) in [5.74, 6) is 0.564.